The molecule has 0 spiro atoms. The Bertz CT molecular complexity index is 1530. The normalized spacial score (nSPS) is 21.9. The van der Waals surface area contributed by atoms with Crippen molar-refractivity contribution in [2.45, 2.75) is 49.6 Å². The van der Waals surface area contributed by atoms with Gasteiger partial charge in [0.15, 0.2) is 18.1 Å². The minimum absolute atomic E-state index is 0.153. The van der Waals surface area contributed by atoms with Gasteiger partial charge in [-0.05, 0) is 67.7 Å². The molecule has 45 heavy (non-hydrogen) atoms. The molecule has 3 fully saturated rings. The van der Waals surface area contributed by atoms with E-state index in [2.05, 4.69) is 43.4 Å². The topological polar surface area (TPSA) is 157 Å². The zero-order valence-electron chi connectivity index (χ0n) is 24.8. The zero-order valence-corrected chi connectivity index (χ0v) is 24.8. The fraction of sp³-hybridized carbons (Fsp3) is 0.469. The molecular formula is C32H36FN7O5. The number of hydrogen-bond acceptors (Lipinski definition) is 11. The van der Waals surface area contributed by atoms with Gasteiger partial charge in [0.05, 0.1) is 38.0 Å². The maximum atomic E-state index is 14.9. The number of alkyl halides is 1. The van der Waals surface area contributed by atoms with Crippen LogP contribution in [0.25, 0.3) is 11.4 Å². The van der Waals surface area contributed by atoms with Gasteiger partial charge in [-0.1, -0.05) is 12.1 Å². The molecule has 3 aliphatic rings. The van der Waals surface area contributed by atoms with E-state index in [4.69, 9.17) is 14.6 Å². The number of anilines is 2. The van der Waals surface area contributed by atoms with Gasteiger partial charge in [-0.15, -0.1) is 0 Å². The van der Waals surface area contributed by atoms with E-state index < -0.39 is 30.9 Å². The Hall–Kier alpha value is -4.22. The summed E-state index contributed by atoms with van der Waals surface area (Å²) >= 11 is 0. The summed E-state index contributed by atoms with van der Waals surface area (Å²) in [5, 5.41) is 31.6. The number of amides is 1. The number of carbonyl (C=O) groups excluding carboxylic acids is 1. The molecule has 3 aliphatic heterocycles. The van der Waals surface area contributed by atoms with Crippen LogP contribution in [-0.4, -0.2) is 111 Å². The highest BCUT2D eigenvalue weighted by Gasteiger charge is 2.35. The number of piperidine rings is 2. The Morgan fingerprint density at radius 2 is 1.91 bits per heavy atom. The number of aromatic nitrogens is 3. The Labute approximate surface area is 260 Å². The van der Waals surface area contributed by atoms with Crippen LogP contribution in [0.4, 0.5) is 16.0 Å². The maximum absolute atomic E-state index is 14.9. The first kappa shape index (κ1) is 30.8. The maximum Gasteiger partial charge on any atom is 0.253 e. The Balaban J connectivity index is 1.07. The molecule has 3 atom stereocenters. The third kappa shape index (κ3) is 7.04. The first-order valence-corrected chi connectivity index (χ1v) is 15.2. The molecule has 12 nitrogen and oxygen atoms in total. The van der Waals surface area contributed by atoms with Gasteiger partial charge in [-0.25, -0.2) is 14.4 Å². The minimum atomic E-state index is -1.58. The lowest BCUT2D eigenvalue weighted by molar-refractivity contribution is -0.146. The summed E-state index contributed by atoms with van der Waals surface area (Å²) in [6.07, 6.45) is -0.159. The van der Waals surface area contributed by atoms with Crippen LogP contribution in [0.15, 0.2) is 48.8 Å². The number of likely N-dealkylation sites (tertiary alicyclic amines) is 2. The molecule has 3 saturated heterocycles. The molecule has 13 heteroatoms. The number of carbonyl (C=O) groups is 1. The second-order valence-electron chi connectivity index (χ2n) is 11.6. The van der Waals surface area contributed by atoms with Crippen molar-refractivity contribution in [1.29, 1.82) is 5.26 Å². The predicted octanol–water partition coefficient (Wildman–Crippen LogP) is 2.40. The highest BCUT2D eigenvalue weighted by Crippen LogP contribution is 2.32. The lowest BCUT2D eigenvalue weighted by Gasteiger charge is -2.41. The average molecular weight is 618 g/mol. The van der Waals surface area contributed by atoms with Crippen molar-refractivity contribution in [2.24, 2.45) is 0 Å². The first-order chi connectivity index (χ1) is 21.9. The third-order valence-electron chi connectivity index (χ3n) is 8.76. The van der Waals surface area contributed by atoms with Crippen molar-refractivity contribution < 1.29 is 28.9 Å². The summed E-state index contributed by atoms with van der Waals surface area (Å²) in [6, 6.07) is 15.9. The quantitative estimate of drug-likeness (QED) is 0.324. The van der Waals surface area contributed by atoms with E-state index in [1.807, 2.05) is 12.1 Å². The highest BCUT2D eigenvalue weighted by molar-refractivity contribution is 5.81. The molecule has 2 aromatic carbocycles. The fourth-order valence-electron chi connectivity index (χ4n) is 6.02. The number of nitriles is 1. The van der Waals surface area contributed by atoms with Gasteiger partial charge in [0, 0.05) is 24.2 Å². The van der Waals surface area contributed by atoms with Crippen LogP contribution in [0.5, 0.6) is 5.75 Å². The van der Waals surface area contributed by atoms with Crippen molar-refractivity contribution in [3.05, 3.63) is 59.9 Å². The number of hydrogen-bond donors (Lipinski definition) is 3. The van der Waals surface area contributed by atoms with Crippen molar-refractivity contribution in [3.8, 4) is 23.2 Å². The summed E-state index contributed by atoms with van der Waals surface area (Å²) < 4.78 is 26.1. The summed E-state index contributed by atoms with van der Waals surface area (Å²) in [7, 11) is 0. The number of ether oxygens (including phenoxy) is 2. The highest BCUT2D eigenvalue weighted by atomic mass is 19.1. The number of rotatable bonds is 9. The van der Waals surface area contributed by atoms with E-state index in [9.17, 15) is 19.6 Å². The Morgan fingerprint density at radius 1 is 1.13 bits per heavy atom. The average Bonchev–Trinajstić information content (AvgIpc) is 3.05. The molecule has 4 heterocycles. The van der Waals surface area contributed by atoms with E-state index in [1.54, 1.807) is 18.2 Å². The molecule has 6 rings (SSSR count). The van der Waals surface area contributed by atoms with Crippen LogP contribution in [0.2, 0.25) is 0 Å². The van der Waals surface area contributed by atoms with Gasteiger partial charge in [0.1, 0.15) is 24.3 Å². The van der Waals surface area contributed by atoms with E-state index >= 15 is 0 Å². The predicted molar refractivity (Wildman–Crippen MR) is 161 cm³/mol. The number of aliphatic hydroxyl groups is 2. The minimum Gasteiger partial charge on any atom is -0.486 e. The second kappa shape index (κ2) is 13.8. The standard InChI is InChI=1S/C32H36FN7O5/c33-26-15-40(31(43)27(42)16-41)12-9-29(26)45-28-6-3-22(13-23(28)14-34)30-35-19-36-32(38-30)37-24-4-1-20(2-5-24)21-7-10-39(11-8-21)25-17-44-18-25/h1-6,13,19,21,25-27,29,41-42H,7-12,15-18H2,(H,35,36,37,38)/t26-,27-,29-/m0/s1. The van der Waals surface area contributed by atoms with Crippen molar-refractivity contribution in [2.75, 3.05) is 51.3 Å². The molecule has 0 radical (unpaired) electrons. The number of benzene rings is 2. The fourth-order valence-corrected chi connectivity index (χ4v) is 6.02. The smallest absolute Gasteiger partial charge is 0.253 e. The van der Waals surface area contributed by atoms with Crippen molar-refractivity contribution in [1.82, 2.24) is 24.8 Å². The first-order valence-electron chi connectivity index (χ1n) is 15.2. The largest absolute Gasteiger partial charge is 0.486 e. The van der Waals surface area contributed by atoms with Gasteiger partial charge in [-0.2, -0.15) is 10.2 Å². The molecule has 236 valence electrons. The molecule has 1 aromatic heterocycles. The van der Waals surface area contributed by atoms with E-state index in [0.29, 0.717) is 29.3 Å². The molecule has 3 aromatic rings. The van der Waals surface area contributed by atoms with Gasteiger partial charge >= 0.3 is 0 Å². The van der Waals surface area contributed by atoms with E-state index in [1.165, 1.54) is 11.9 Å². The number of nitrogens with one attached hydrogen (secondary N) is 1. The van der Waals surface area contributed by atoms with Crippen LogP contribution in [-0.2, 0) is 9.53 Å². The van der Waals surface area contributed by atoms with Gasteiger partial charge in [0.2, 0.25) is 5.95 Å². The van der Waals surface area contributed by atoms with Crippen LogP contribution >= 0.6 is 0 Å². The van der Waals surface area contributed by atoms with Crippen LogP contribution in [0.3, 0.4) is 0 Å². The zero-order chi connectivity index (χ0) is 31.3. The lowest BCUT2D eigenvalue weighted by atomic mass is 9.88. The van der Waals surface area contributed by atoms with Crippen molar-refractivity contribution in [3.63, 3.8) is 0 Å². The van der Waals surface area contributed by atoms with Crippen LogP contribution in [0.1, 0.15) is 36.3 Å². The van der Waals surface area contributed by atoms with Gasteiger partial charge < -0.3 is 29.9 Å². The summed E-state index contributed by atoms with van der Waals surface area (Å²) in [5.41, 5.74) is 2.92. The van der Waals surface area contributed by atoms with Gasteiger partial charge in [-0.3, -0.25) is 9.69 Å². The molecule has 0 saturated carbocycles. The summed E-state index contributed by atoms with van der Waals surface area (Å²) in [4.78, 5) is 28.9. The Kier molecular flexibility index (Phi) is 9.46. The van der Waals surface area contributed by atoms with Crippen LogP contribution < -0.4 is 10.1 Å². The SMILES string of the molecule is N#Cc1cc(-c2ncnc(Nc3ccc(C4CCN(C5COC5)CC4)cc3)n2)ccc1O[C@H]1CCN(C(=O)[C@@H](O)CO)C[C@@H]1F. The van der Waals surface area contributed by atoms with Crippen LogP contribution in [0, 0.1) is 11.3 Å². The summed E-state index contributed by atoms with van der Waals surface area (Å²) in [6.45, 7) is 3.06. The van der Waals surface area contributed by atoms with Crippen molar-refractivity contribution >= 4 is 17.5 Å². The molecule has 1 amide bonds. The molecule has 0 bridgehead atoms. The number of nitrogens with zero attached hydrogens (tertiary/aromatic N) is 6. The molecule has 0 unspecified atom stereocenters. The molecule has 0 aliphatic carbocycles. The third-order valence-corrected chi connectivity index (χ3v) is 8.76. The number of halogens is 1. The van der Waals surface area contributed by atoms with Gasteiger partial charge in [0.25, 0.3) is 5.91 Å². The van der Waals surface area contributed by atoms with E-state index in [-0.39, 0.29) is 30.8 Å². The molecule has 3 N–H and O–H groups in total. The Morgan fingerprint density at radius 3 is 2.58 bits per heavy atom. The number of aliphatic hydroxyl groups excluding tert-OH is 2. The molecular weight excluding hydrogens is 581 g/mol. The summed E-state index contributed by atoms with van der Waals surface area (Å²) in [5.74, 6) is 0.735. The second-order valence-corrected chi connectivity index (χ2v) is 11.6. The lowest BCUT2D eigenvalue weighted by Crippen LogP contribution is -2.52. The van der Waals surface area contributed by atoms with E-state index in [0.717, 1.165) is 49.7 Å². The monoisotopic (exact) mass is 617 g/mol.